The minimum Gasteiger partial charge on any atom is -0.504 e. The highest BCUT2D eigenvalue weighted by molar-refractivity contribution is 5.82. The molecule has 0 spiro atoms. The molecule has 0 atom stereocenters. The number of hydrogen-bond acceptors (Lipinski definition) is 3. The van der Waals surface area contributed by atoms with Crippen LogP contribution in [0.1, 0.15) is 13.3 Å². The van der Waals surface area contributed by atoms with E-state index < -0.39 is 0 Å². The van der Waals surface area contributed by atoms with Gasteiger partial charge in [-0.1, -0.05) is 6.92 Å². The van der Waals surface area contributed by atoms with Crippen molar-refractivity contribution in [3.8, 4) is 0 Å². The second-order valence-electron chi connectivity index (χ2n) is 2.14. The molecule has 0 bridgehead atoms. The second kappa shape index (κ2) is 6.46. The van der Waals surface area contributed by atoms with Gasteiger partial charge in [-0.15, -0.1) is 0 Å². The molecule has 0 radical (unpaired) electrons. The van der Waals surface area contributed by atoms with Crippen LogP contribution in [0.25, 0.3) is 0 Å². The molecule has 0 saturated heterocycles. The van der Waals surface area contributed by atoms with Gasteiger partial charge < -0.3 is 9.47 Å². The summed E-state index contributed by atoms with van der Waals surface area (Å²) in [6.45, 7) is 1.98. The smallest absolute Gasteiger partial charge is 0.330 e. The van der Waals surface area contributed by atoms with Crippen LogP contribution in [0.3, 0.4) is 0 Å². The van der Waals surface area contributed by atoms with Gasteiger partial charge in [0.05, 0.1) is 20.5 Å². The number of esters is 1. The largest absolute Gasteiger partial charge is 0.504 e. The zero-order valence-electron chi connectivity index (χ0n) is 7.66. The molecule has 0 aromatic heterocycles. The molecule has 0 N–H and O–H groups in total. The molecular formula is C9H14O3. The lowest BCUT2D eigenvalue weighted by Crippen LogP contribution is -1.93. The van der Waals surface area contributed by atoms with Crippen LogP contribution in [0.15, 0.2) is 24.0 Å². The Morgan fingerprint density at radius 1 is 1.33 bits per heavy atom. The van der Waals surface area contributed by atoms with Gasteiger partial charge in [-0.3, -0.25) is 0 Å². The first kappa shape index (κ1) is 10.8. The monoisotopic (exact) mass is 170 g/mol. The molecule has 3 heteroatoms. The summed E-state index contributed by atoms with van der Waals surface area (Å²) >= 11 is 0. The third-order valence-corrected chi connectivity index (χ3v) is 1.31. The van der Waals surface area contributed by atoms with E-state index in [-0.39, 0.29) is 5.97 Å². The Kier molecular flexibility index (Phi) is 5.79. The Morgan fingerprint density at radius 2 is 2.00 bits per heavy atom. The van der Waals surface area contributed by atoms with Gasteiger partial charge in [-0.2, -0.15) is 0 Å². The molecule has 68 valence electrons. The molecule has 0 aliphatic heterocycles. The molecule has 0 aromatic carbocycles. The highest BCUT2D eigenvalue weighted by atomic mass is 16.5. The first-order chi connectivity index (χ1) is 5.74. The number of ether oxygens (including phenoxy) is 2. The number of allylic oxidation sites excluding steroid dienone is 2. The number of rotatable bonds is 4. The first-order valence-electron chi connectivity index (χ1n) is 3.72. The number of carbonyl (C=O) groups excluding carboxylic acids is 1. The quantitative estimate of drug-likeness (QED) is 0.278. The van der Waals surface area contributed by atoms with Crippen LogP contribution in [0, 0.1) is 0 Å². The van der Waals surface area contributed by atoms with Crippen molar-refractivity contribution in [2.24, 2.45) is 0 Å². The SMILES string of the molecule is CCC(C=CC(=O)OC)=COC. The fourth-order valence-electron chi connectivity index (χ4n) is 0.635. The maximum Gasteiger partial charge on any atom is 0.330 e. The average molecular weight is 170 g/mol. The van der Waals surface area contributed by atoms with Crippen molar-refractivity contribution in [3.05, 3.63) is 24.0 Å². The summed E-state index contributed by atoms with van der Waals surface area (Å²) in [5.74, 6) is -0.356. The summed E-state index contributed by atoms with van der Waals surface area (Å²) in [6, 6.07) is 0. The zero-order chi connectivity index (χ0) is 9.40. The maximum absolute atomic E-state index is 10.7. The Balaban J connectivity index is 4.10. The summed E-state index contributed by atoms with van der Waals surface area (Å²) in [5.41, 5.74) is 0.947. The fourth-order valence-corrected chi connectivity index (χ4v) is 0.635. The fraction of sp³-hybridized carbons (Fsp3) is 0.444. The van der Waals surface area contributed by atoms with Gasteiger partial charge in [0.25, 0.3) is 0 Å². The Morgan fingerprint density at radius 3 is 2.42 bits per heavy atom. The standard InChI is InChI=1S/C9H14O3/c1-4-8(7-11-2)5-6-9(10)12-3/h5-7H,4H2,1-3H3. The van der Waals surface area contributed by atoms with Gasteiger partial charge >= 0.3 is 5.97 Å². The molecule has 12 heavy (non-hydrogen) atoms. The lowest BCUT2D eigenvalue weighted by Gasteiger charge is -1.95. The van der Waals surface area contributed by atoms with E-state index in [0.717, 1.165) is 12.0 Å². The number of hydrogen-bond donors (Lipinski definition) is 0. The van der Waals surface area contributed by atoms with Crippen molar-refractivity contribution < 1.29 is 14.3 Å². The molecule has 0 amide bonds. The number of carbonyl (C=O) groups is 1. The van der Waals surface area contributed by atoms with E-state index in [2.05, 4.69) is 4.74 Å². The lowest BCUT2D eigenvalue weighted by atomic mass is 10.2. The van der Waals surface area contributed by atoms with Gasteiger partial charge in [0.2, 0.25) is 0 Å². The van der Waals surface area contributed by atoms with Gasteiger partial charge in [0.1, 0.15) is 0 Å². The van der Waals surface area contributed by atoms with Gasteiger partial charge in [-0.25, -0.2) is 4.79 Å². The topological polar surface area (TPSA) is 35.5 Å². The van der Waals surface area contributed by atoms with Crippen molar-refractivity contribution in [2.75, 3.05) is 14.2 Å². The highest BCUT2D eigenvalue weighted by Crippen LogP contribution is 2.02. The second-order valence-corrected chi connectivity index (χ2v) is 2.14. The number of methoxy groups -OCH3 is 2. The molecule has 0 heterocycles. The molecule has 3 nitrogen and oxygen atoms in total. The van der Waals surface area contributed by atoms with E-state index in [1.54, 1.807) is 19.4 Å². The molecule has 0 aromatic rings. The first-order valence-corrected chi connectivity index (χ1v) is 3.72. The maximum atomic E-state index is 10.7. The molecular weight excluding hydrogens is 156 g/mol. The van der Waals surface area contributed by atoms with Gasteiger partial charge in [0.15, 0.2) is 0 Å². The summed E-state index contributed by atoms with van der Waals surface area (Å²) in [7, 11) is 2.92. The third-order valence-electron chi connectivity index (χ3n) is 1.31. The molecule has 0 rings (SSSR count). The zero-order valence-corrected chi connectivity index (χ0v) is 7.66. The Hall–Kier alpha value is -1.25. The van der Waals surface area contributed by atoms with Crippen LogP contribution >= 0.6 is 0 Å². The predicted octanol–water partition coefficient (Wildman–Crippen LogP) is 1.66. The minimum absolute atomic E-state index is 0.356. The predicted molar refractivity (Wildman–Crippen MR) is 46.5 cm³/mol. The van der Waals surface area contributed by atoms with Crippen LogP contribution in [-0.2, 0) is 14.3 Å². The normalized spacial score (nSPS) is 11.8. The van der Waals surface area contributed by atoms with E-state index in [1.165, 1.54) is 13.2 Å². The minimum atomic E-state index is -0.356. The molecule has 0 fully saturated rings. The van der Waals surface area contributed by atoms with Crippen molar-refractivity contribution in [1.82, 2.24) is 0 Å². The lowest BCUT2D eigenvalue weighted by molar-refractivity contribution is -0.134. The Bertz CT molecular complexity index is 192. The van der Waals surface area contributed by atoms with E-state index >= 15 is 0 Å². The van der Waals surface area contributed by atoms with Crippen molar-refractivity contribution >= 4 is 5.97 Å². The summed E-state index contributed by atoms with van der Waals surface area (Å²) < 4.78 is 9.22. The molecule has 0 aliphatic rings. The third kappa shape index (κ3) is 4.55. The van der Waals surface area contributed by atoms with Crippen LogP contribution < -0.4 is 0 Å². The highest BCUT2D eigenvalue weighted by Gasteiger charge is 1.92. The summed E-state index contributed by atoms with van der Waals surface area (Å²) in [6.07, 6.45) is 5.46. The van der Waals surface area contributed by atoms with Crippen LogP contribution in [0.2, 0.25) is 0 Å². The van der Waals surface area contributed by atoms with E-state index in [0.29, 0.717) is 0 Å². The van der Waals surface area contributed by atoms with E-state index in [9.17, 15) is 4.79 Å². The molecule has 0 unspecified atom stereocenters. The van der Waals surface area contributed by atoms with Gasteiger partial charge in [-0.05, 0) is 18.1 Å². The summed E-state index contributed by atoms with van der Waals surface area (Å²) in [4.78, 5) is 10.7. The van der Waals surface area contributed by atoms with Crippen molar-refractivity contribution in [2.45, 2.75) is 13.3 Å². The van der Waals surface area contributed by atoms with E-state index in [1.807, 2.05) is 6.92 Å². The van der Waals surface area contributed by atoms with Crippen LogP contribution in [-0.4, -0.2) is 20.2 Å². The summed E-state index contributed by atoms with van der Waals surface area (Å²) in [5, 5.41) is 0. The van der Waals surface area contributed by atoms with Gasteiger partial charge in [0, 0.05) is 6.08 Å². The molecule has 0 aliphatic carbocycles. The van der Waals surface area contributed by atoms with Crippen molar-refractivity contribution in [1.29, 1.82) is 0 Å². The Labute approximate surface area is 72.7 Å². The van der Waals surface area contributed by atoms with E-state index in [4.69, 9.17) is 4.74 Å². The van der Waals surface area contributed by atoms with Crippen LogP contribution in [0.5, 0.6) is 0 Å². The van der Waals surface area contributed by atoms with Crippen molar-refractivity contribution in [3.63, 3.8) is 0 Å². The average Bonchev–Trinajstić information content (AvgIpc) is 2.11. The molecule has 0 saturated carbocycles. The van der Waals surface area contributed by atoms with Crippen LogP contribution in [0.4, 0.5) is 0 Å².